The van der Waals surface area contributed by atoms with Crippen molar-refractivity contribution >= 4 is 17.5 Å². The molecule has 2 heterocycles. The van der Waals surface area contributed by atoms with Gasteiger partial charge in [-0.3, -0.25) is 0 Å². The second kappa shape index (κ2) is 6.13. The van der Waals surface area contributed by atoms with Gasteiger partial charge < -0.3 is 4.74 Å². The summed E-state index contributed by atoms with van der Waals surface area (Å²) in [5.74, 6) is 2.24. The van der Waals surface area contributed by atoms with Crippen LogP contribution in [0.15, 0.2) is 58.8 Å². The summed E-state index contributed by atoms with van der Waals surface area (Å²) in [6, 6.07) is 16.2. The molecule has 5 nitrogen and oxygen atoms in total. The number of aryl methyl sites for hydroxylation is 1. The molecule has 4 rings (SSSR count). The fourth-order valence-corrected chi connectivity index (χ4v) is 3.53. The zero-order chi connectivity index (χ0) is 16.5. The van der Waals surface area contributed by atoms with Gasteiger partial charge in [0.1, 0.15) is 5.75 Å². The average molecular weight is 336 g/mol. The van der Waals surface area contributed by atoms with Gasteiger partial charge in [0, 0.05) is 5.75 Å². The summed E-state index contributed by atoms with van der Waals surface area (Å²) in [6.07, 6.45) is 0. The Hall–Kier alpha value is -2.60. The van der Waals surface area contributed by atoms with Gasteiger partial charge in [-0.05, 0) is 24.6 Å². The third kappa shape index (κ3) is 2.59. The maximum atomic E-state index is 5.45. The van der Waals surface area contributed by atoms with Crippen LogP contribution >= 0.6 is 11.8 Å². The van der Waals surface area contributed by atoms with Gasteiger partial charge in [0.25, 0.3) is 0 Å². The van der Waals surface area contributed by atoms with E-state index in [1.54, 1.807) is 18.9 Å². The molecule has 0 saturated heterocycles. The fraction of sp³-hybridized carbons (Fsp3) is 0.167. The first-order valence-electron chi connectivity index (χ1n) is 7.63. The van der Waals surface area contributed by atoms with Crippen LogP contribution in [0.4, 0.5) is 0 Å². The van der Waals surface area contributed by atoms with E-state index in [2.05, 4.69) is 41.4 Å². The second-order valence-electron chi connectivity index (χ2n) is 5.52. The van der Waals surface area contributed by atoms with Crippen LogP contribution < -0.4 is 4.74 Å². The summed E-state index contributed by atoms with van der Waals surface area (Å²) in [5, 5.41) is 14.2. The van der Waals surface area contributed by atoms with Gasteiger partial charge in [-0.2, -0.15) is 9.78 Å². The number of hydrogen-bond acceptors (Lipinski definition) is 5. The number of para-hydroxylation sites is 1. The molecule has 24 heavy (non-hydrogen) atoms. The predicted octanol–water partition coefficient (Wildman–Crippen LogP) is 3.62. The molecule has 1 aliphatic heterocycles. The zero-order valence-corrected chi connectivity index (χ0v) is 14.2. The molecular formula is C18H16N4OS. The van der Waals surface area contributed by atoms with Crippen molar-refractivity contribution in [3.8, 4) is 17.1 Å². The van der Waals surface area contributed by atoms with E-state index in [0.717, 1.165) is 33.5 Å². The van der Waals surface area contributed by atoms with Crippen LogP contribution in [0.3, 0.4) is 0 Å². The molecule has 120 valence electrons. The molecule has 2 aromatic carbocycles. The Morgan fingerprint density at radius 3 is 2.79 bits per heavy atom. The SMILES string of the molecule is COc1ccccc1-c1nnc2n1N=C(c1cccc(C)c1)CS2. The molecule has 6 heteroatoms. The highest BCUT2D eigenvalue weighted by molar-refractivity contribution is 7.99. The topological polar surface area (TPSA) is 52.3 Å². The number of aromatic nitrogens is 3. The van der Waals surface area contributed by atoms with Crippen molar-refractivity contribution in [1.29, 1.82) is 0 Å². The monoisotopic (exact) mass is 336 g/mol. The highest BCUT2D eigenvalue weighted by Gasteiger charge is 2.22. The lowest BCUT2D eigenvalue weighted by Crippen LogP contribution is -2.14. The number of thioether (sulfide) groups is 1. The number of rotatable bonds is 3. The Balaban J connectivity index is 1.83. The molecule has 0 fully saturated rings. The number of hydrogen-bond donors (Lipinski definition) is 0. The summed E-state index contributed by atoms with van der Waals surface area (Å²) < 4.78 is 7.26. The molecule has 0 unspecified atom stereocenters. The van der Waals surface area contributed by atoms with Gasteiger partial charge in [0.2, 0.25) is 5.16 Å². The molecule has 0 atom stereocenters. The number of methoxy groups -OCH3 is 1. The lowest BCUT2D eigenvalue weighted by molar-refractivity contribution is 0.416. The second-order valence-corrected chi connectivity index (χ2v) is 6.47. The van der Waals surface area contributed by atoms with Gasteiger partial charge >= 0.3 is 0 Å². The Labute approximate surface area is 144 Å². The molecule has 3 aromatic rings. The van der Waals surface area contributed by atoms with Crippen molar-refractivity contribution in [3.63, 3.8) is 0 Å². The molecule has 0 N–H and O–H groups in total. The quantitative estimate of drug-likeness (QED) is 0.733. The van der Waals surface area contributed by atoms with Crippen molar-refractivity contribution in [1.82, 2.24) is 14.9 Å². The van der Waals surface area contributed by atoms with E-state index in [1.807, 2.05) is 28.9 Å². The third-order valence-corrected chi connectivity index (χ3v) is 4.80. The predicted molar refractivity (Wildman–Crippen MR) is 95.8 cm³/mol. The van der Waals surface area contributed by atoms with Crippen LogP contribution in [0.25, 0.3) is 11.4 Å². The van der Waals surface area contributed by atoms with E-state index in [1.165, 1.54) is 5.56 Å². The molecule has 0 bridgehead atoms. The average Bonchev–Trinajstić information content (AvgIpc) is 3.04. The van der Waals surface area contributed by atoms with E-state index in [4.69, 9.17) is 9.84 Å². The Bertz CT molecular complexity index is 932. The molecule has 0 saturated carbocycles. The summed E-state index contributed by atoms with van der Waals surface area (Å²) >= 11 is 1.64. The van der Waals surface area contributed by atoms with E-state index in [9.17, 15) is 0 Å². The summed E-state index contributed by atoms with van der Waals surface area (Å²) in [6.45, 7) is 2.09. The largest absolute Gasteiger partial charge is 0.496 e. The Morgan fingerprint density at radius 1 is 1.08 bits per heavy atom. The minimum Gasteiger partial charge on any atom is -0.496 e. The lowest BCUT2D eigenvalue weighted by atomic mass is 10.1. The lowest BCUT2D eigenvalue weighted by Gasteiger charge is -2.15. The first kappa shape index (κ1) is 15.0. The molecule has 1 aromatic heterocycles. The minimum absolute atomic E-state index is 0.694. The third-order valence-electron chi connectivity index (χ3n) is 3.87. The van der Waals surface area contributed by atoms with E-state index in [-0.39, 0.29) is 0 Å². The first-order chi connectivity index (χ1) is 11.8. The number of benzene rings is 2. The number of ether oxygens (including phenoxy) is 1. The van der Waals surface area contributed by atoms with Gasteiger partial charge in [0.15, 0.2) is 5.82 Å². The minimum atomic E-state index is 0.694. The van der Waals surface area contributed by atoms with Crippen molar-refractivity contribution in [2.24, 2.45) is 5.10 Å². The van der Waals surface area contributed by atoms with Gasteiger partial charge in [-0.1, -0.05) is 53.7 Å². The van der Waals surface area contributed by atoms with Crippen LogP contribution in [-0.2, 0) is 0 Å². The van der Waals surface area contributed by atoms with E-state index < -0.39 is 0 Å². The fourth-order valence-electron chi connectivity index (χ4n) is 2.69. The van der Waals surface area contributed by atoms with Crippen molar-refractivity contribution < 1.29 is 4.74 Å². The van der Waals surface area contributed by atoms with Crippen LogP contribution in [-0.4, -0.2) is 33.4 Å². The summed E-state index contributed by atoms with van der Waals surface area (Å²) in [7, 11) is 1.66. The van der Waals surface area contributed by atoms with Gasteiger partial charge in [0.05, 0.1) is 18.4 Å². The maximum absolute atomic E-state index is 5.45. The molecule has 0 amide bonds. The standard InChI is InChI=1S/C18H16N4OS/c1-12-6-5-7-13(10-12)15-11-24-18-20-19-17(22(18)21-15)14-8-3-4-9-16(14)23-2/h3-10H,11H2,1-2H3. The molecule has 0 spiro atoms. The van der Waals surface area contributed by atoms with Crippen LogP contribution in [0.5, 0.6) is 5.75 Å². The van der Waals surface area contributed by atoms with Crippen LogP contribution in [0, 0.1) is 6.92 Å². The number of fused-ring (bicyclic) bond motifs is 1. The number of nitrogens with zero attached hydrogens (tertiary/aromatic N) is 4. The van der Waals surface area contributed by atoms with Crippen molar-refractivity contribution in [3.05, 3.63) is 59.7 Å². The Kier molecular flexibility index (Phi) is 3.82. The highest BCUT2D eigenvalue weighted by Crippen LogP contribution is 2.33. The normalized spacial score (nSPS) is 13.3. The molecule has 0 radical (unpaired) electrons. The zero-order valence-electron chi connectivity index (χ0n) is 13.4. The first-order valence-corrected chi connectivity index (χ1v) is 8.61. The van der Waals surface area contributed by atoms with Gasteiger partial charge in [-0.25, -0.2) is 0 Å². The smallest absolute Gasteiger partial charge is 0.212 e. The van der Waals surface area contributed by atoms with E-state index in [0.29, 0.717) is 5.82 Å². The Morgan fingerprint density at radius 2 is 1.96 bits per heavy atom. The highest BCUT2D eigenvalue weighted by atomic mass is 32.2. The van der Waals surface area contributed by atoms with E-state index >= 15 is 0 Å². The van der Waals surface area contributed by atoms with Crippen molar-refractivity contribution in [2.75, 3.05) is 12.9 Å². The van der Waals surface area contributed by atoms with Crippen LogP contribution in [0.2, 0.25) is 0 Å². The van der Waals surface area contributed by atoms with Gasteiger partial charge in [-0.15, -0.1) is 10.2 Å². The molecule has 1 aliphatic rings. The summed E-state index contributed by atoms with van der Waals surface area (Å²) in [4.78, 5) is 0. The maximum Gasteiger partial charge on any atom is 0.212 e. The summed E-state index contributed by atoms with van der Waals surface area (Å²) in [5.41, 5.74) is 4.26. The van der Waals surface area contributed by atoms with Crippen molar-refractivity contribution in [2.45, 2.75) is 12.1 Å². The van der Waals surface area contributed by atoms with Crippen LogP contribution in [0.1, 0.15) is 11.1 Å². The molecular weight excluding hydrogens is 320 g/mol. The molecule has 0 aliphatic carbocycles.